The number of Topliss-reactive ketones (excluding diaryl/α,β-unsaturated/α-hetero) is 1. The van der Waals surface area contributed by atoms with Crippen molar-refractivity contribution in [1.29, 1.82) is 0 Å². The second-order valence-corrected chi connectivity index (χ2v) is 8.68. The van der Waals surface area contributed by atoms with Crippen LogP contribution in [0.15, 0.2) is 48.5 Å². The summed E-state index contributed by atoms with van der Waals surface area (Å²) in [5.41, 5.74) is 2.17. The number of rotatable bonds is 13. The number of hydrogen-bond donors (Lipinski definition) is 1. The zero-order chi connectivity index (χ0) is 25.8. The molecule has 0 atom stereocenters. The van der Waals surface area contributed by atoms with Crippen LogP contribution in [0.4, 0.5) is 13.2 Å². The molecule has 35 heavy (non-hydrogen) atoms. The van der Waals surface area contributed by atoms with E-state index in [1.807, 2.05) is 24.3 Å². The minimum absolute atomic E-state index is 0.00573. The number of nitrogens with one attached hydrogen (secondary N) is 1. The molecule has 0 aliphatic heterocycles. The Kier molecular flexibility index (Phi) is 11.2. The van der Waals surface area contributed by atoms with Crippen LogP contribution < -0.4 is 5.32 Å². The number of carbonyl (C=O) groups excluding carboxylic acids is 3. The van der Waals surface area contributed by atoms with E-state index in [0.29, 0.717) is 29.1 Å². The number of hydrogen-bond acceptors (Lipinski definition) is 3. The van der Waals surface area contributed by atoms with Gasteiger partial charge in [0.2, 0.25) is 5.91 Å². The summed E-state index contributed by atoms with van der Waals surface area (Å²) < 4.78 is 38.4. The fourth-order valence-electron chi connectivity index (χ4n) is 3.56. The van der Waals surface area contributed by atoms with Crippen LogP contribution in [0.1, 0.15) is 54.1 Å². The predicted molar refractivity (Wildman–Crippen MR) is 129 cm³/mol. The van der Waals surface area contributed by atoms with Gasteiger partial charge in [-0.2, -0.15) is 13.2 Å². The van der Waals surface area contributed by atoms with E-state index in [-0.39, 0.29) is 44.0 Å². The maximum atomic E-state index is 12.8. The van der Waals surface area contributed by atoms with Gasteiger partial charge in [0.1, 0.15) is 0 Å². The number of alkyl halides is 3. The molecule has 0 aliphatic carbocycles. The molecule has 1 N–H and O–H groups in total. The number of carbonyl (C=O) groups is 3. The van der Waals surface area contributed by atoms with Crippen LogP contribution in [0, 0.1) is 0 Å². The molecule has 9 heteroatoms. The Morgan fingerprint density at radius 3 is 2.31 bits per heavy atom. The Balaban J connectivity index is 1.78. The van der Waals surface area contributed by atoms with E-state index >= 15 is 0 Å². The molecule has 190 valence electrons. The van der Waals surface area contributed by atoms with Crippen molar-refractivity contribution < 1.29 is 27.6 Å². The molecular formula is C26H30ClF3N2O3. The summed E-state index contributed by atoms with van der Waals surface area (Å²) in [4.78, 5) is 37.0. The van der Waals surface area contributed by atoms with Gasteiger partial charge in [-0.05, 0) is 55.0 Å². The molecule has 0 heterocycles. The molecule has 0 aromatic heterocycles. The molecule has 0 aliphatic rings. The lowest BCUT2D eigenvalue weighted by Crippen LogP contribution is -2.42. The molecule has 0 bridgehead atoms. The van der Waals surface area contributed by atoms with Crippen molar-refractivity contribution in [2.24, 2.45) is 0 Å². The first-order valence-corrected chi connectivity index (χ1v) is 12.0. The zero-order valence-electron chi connectivity index (χ0n) is 19.7. The van der Waals surface area contributed by atoms with Gasteiger partial charge in [-0.3, -0.25) is 14.4 Å². The average molecular weight is 511 g/mol. The first-order valence-electron chi connectivity index (χ1n) is 11.6. The summed E-state index contributed by atoms with van der Waals surface area (Å²) in [7, 11) is 0. The van der Waals surface area contributed by atoms with Crippen molar-refractivity contribution in [3.05, 3.63) is 70.2 Å². The summed E-state index contributed by atoms with van der Waals surface area (Å²) in [6, 6.07) is 14.1. The van der Waals surface area contributed by atoms with Gasteiger partial charge in [0.25, 0.3) is 0 Å². The standard InChI is InChI=1S/C26H30ClF3N2O3/c1-2-16-32(25(35)26(28,29)30)17-14-20-5-3-7-21(18-20)23(33)12-13-24(34)31-15-4-6-19-8-10-22(27)11-9-19/h3,5,7-11,18H,2,4,6,12-17H2,1H3,(H,31,34). The van der Waals surface area contributed by atoms with E-state index in [2.05, 4.69) is 5.32 Å². The summed E-state index contributed by atoms with van der Waals surface area (Å²) in [5.74, 6) is -2.29. The third-order valence-corrected chi connectivity index (χ3v) is 5.65. The monoisotopic (exact) mass is 510 g/mol. The average Bonchev–Trinajstić information content (AvgIpc) is 2.83. The third kappa shape index (κ3) is 10.1. The van der Waals surface area contributed by atoms with Gasteiger partial charge < -0.3 is 10.2 Å². The van der Waals surface area contributed by atoms with Gasteiger partial charge in [-0.25, -0.2) is 0 Å². The highest BCUT2D eigenvalue weighted by Crippen LogP contribution is 2.19. The second-order valence-electron chi connectivity index (χ2n) is 8.24. The fraction of sp³-hybridized carbons (Fsp3) is 0.423. The highest BCUT2D eigenvalue weighted by Gasteiger charge is 2.41. The summed E-state index contributed by atoms with van der Waals surface area (Å²) in [6.45, 7) is 2.11. The predicted octanol–water partition coefficient (Wildman–Crippen LogP) is 5.40. The van der Waals surface area contributed by atoms with E-state index in [1.54, 1.807) is 31.2 Å². The second kappa shape index (κ2) is 13.9. The van der Waals surface area contributed by atoms with Crippen LogP contribution in [0.3, 0.4) is 0 Å². The number of nitrogens with zero attached hydrogens (tertiary/aromatic N) is 1. The SMILES string of the molecule is CCCN(CCc1cccc(C(=O)CCC(=O)NCCCc2ccc(Cl)cc2)c1)C(=O)C(F)(F)F. The molecule has 5 nitrogen and oxygen atoms in total. The van der Waals surface area contributed by atoms with Crippen molar-refractivity contribution in [2.75, 3.05) is 19.6 Å². The van der Waals surface area contributed by atoms with Crippen LogP contribution >= 0.6 is 11.6 Å². The summed E-state index contributed by atoms with van der Waals surface area (Å²) in [6.07, 6.45) is -2.68. The molecular weight excluding hydrogens is 481 g/mol. The molecule has 0 unspecified atom stereocenters. The van der Waals surface area contributed by atoms with Crippen LogP contribution in [0.25, 0.3) is 0 Å². The Hall–Kier alpha value is -2.87. The largest absolute Gasteiger partial charge is 0.471 e. The summed E-state index contributed by atoms with van der Waals surface area (Å²) >= 11 is 5.86. The highest BCUT2D eigenvalue weighted by molar-refractivity contribution is 6.30. The first-order chi connectivity index (χ1) is 16.6. The van der Waals surface area contributed by atoms with E-state index in [0.717, 1.165) is 23.3 Å². The molecule has 2 aromatic rings. The summed E-state index contributed by atoms with van der Waals surface area (Å²) in [5, 5.41) is 3.48. The Bertz CT molecular complexity index is 994. The van der Waals surface area contributed by atoms with Crippen LogP contribution in [-0.2, 0) is 22.4 Å². The van der Waals surface area contributed by atoms with Gasteiger partial charge in [-0.1, -0.05) is 48.9 Å². The number of amides is 2. The van der Waals surface area contributed by atoms with Crippen LogP contribution in [-0.4, -0.2) is 48.3 Å². The van der Waals surface area contributed by atoms with E-state index in [1.165, 1.54) is 0 Å². The van der Waals surface area contributed by atoms with Crippen molar-refractivity contribution in [3.63, 3.8) is 0 Å². The number of ketones is 1. The van der Waals surface area contributed by atoms with Gasteiger partial charge in [-0.15, -0.1) is 0 Å². The molecule has 0 spiro atoms. The number of halogens is 4. The van der Waals surface area contributed by atoms with E-state index in [9.17, 15) is 27.6 Å². The molecule has 0 saturated heterocycles. The Labute approximate surface area is 208 Å². The zero-order valence-corrected chi connectivity index (χ0v) is 20.4. The highest BCUT2D eigenvalue weighted by atomic mass is 35.5. The molecule has 2 aromatic carbocycles. The van der Waals surface area contributed by atoms with E-state index in [4.69, 9.17) is 11.6 Å². The first kappa shape index (κ1) is 28.4. The molecule has 2 rings (SSSR count). The molecule has 0 fully saturated rings. The van der Waals surface area contributed by atoms with Crippen molar-refractivity contribution >= 4 is 29.2 Å². The van der Waals surface area contributed by atoms with Gasteiger partial charge >= 0.3 is 12.1 Å². The Morgan fingerprint density at radius 1 is 0.943 bits per heavy atom. The third-order valence-electron chi connectivity index (χ3n) is 5.40. The smallest absolute Gasteiger partial charge is 0.356 e. The number of benzene rings is 2. The van der Waals surface area contributed by atoms with Crippen molar-refractivity contribution in [2.45, 2.75) is 51.6 Å². The molecule has 2 amide bonds. The van der Waals surface area contributed by atoms with Gasteiger partial charge in [0.05, 0.1) is 0 Å². The van der Waals surface area contributed by atoms with Crippen molar-refractivity contribution in [1.82, 2.24) is 10.2 Å². The minimum Gasteiger partial charge on any atom is -0.356 e. The normalized spacial score (nSPS) is 11.2. The quantitative estimate of drug-likeness (QED) is 0.290. The Morgan fingerprint density at radius 2 is 1.66 bits per heavy atom. The lowest BCUT2D eigenvalue weighted by molar-refractivity contribution is -0.185. The fourth-order valence-corrected chi connectivity index (χ4v) is 3.69. The number of aryl methyl sites for hydroxylation is 1. The minimum atomic E-state index is -4.91. The van der Waals surface area contributed by atoms with Gasteiger partial charge in [0, 0.05) is 43.1 Å². The van der Waals surface area contributed by atoms with Gasteiger partial charge in [0.15, 0.2) is 5.78 Å². The topological polar surface area (TPSA) is 66.5 Å². The van der Waals surface area contributed by atoms with Crippen molar-refractivity contribution in [3.8, 4) is 0 Å². The molecule has 0 saturated carbocycles. The maximum Gasteiger partial charge on any atom is 0.471 e. The van der Waals surface area contributed by atoms with Crippen LogP contribution in [0.2, 0.25) is 5.02 Å². The van der Waals surface area contributed by atoms with Crippen LogP contribution in [0.5, 0.6) is 0 Å². The molecule has 0 radical (unpaired) electrons. The maximum absolute atomic E-state index is 12.8. The van der Waals surface area contributed by atoms with E-state index < -0.39 is 12.1 Å². The lowest BCUT2D eigenvalue weighted by atomic mass is 10.0. The lowest BCUT2D eigenvalue weighted by Gasteiger charge is -2.23.